The zero-order valence-electron chi connectivity index (χ0n) is 11.2. The van der Waals surface area contributed by atoms with Gasteiger partial charge in [-0.05, 0) is 38.5 Å². The number of rotatable bonds is 3. The molecular formula is C14H17FN2O2. The standard InChI is InChI=1S/C14H17FN2O2/c1-14(2,3)19-13(18)17-12(8-15)11-6-4-10(9-16)5-7-11/h4-7,12H,8H2,1-3H3,(H,17,18). The van der Waals surface area contributed by atoms with Crippen LogP contribution in [0.2, 0.25) is 0 Å². The van der Waals surface area contributed by atoms with Crippen LogP contribution in [0, 0.1) is 11.3 Å². The topological polar surface area (TPSA) is 62.1 Å². The van der Waals surface area contributed by atoms with Crippen molar-refractivity contribution >= 4 is 6.09 Å². The SMILES string of the molecule is CC(C)(C)OC(=O)NC(CF)c1ccc(C#N)cc1. The lowest BCUT2D eigenvalue weighted by atomic mass is 10.1. The maximum atomic E-state index is 13.0. The van der Waals surface area contributed by atoms with Gasteiger partial charge in [-0.3, -0.25) is 0 Å². The summed E-state index contributed by atoms with van der Waals surface area (Å²) in [6.07, 6.45) is -0.667. The summed E-state index contributed by atoms with van der Waals surface area (Å²) in [5, 5.41) is 11.1. The molecular weight excluding hydrogens is 247 g/mol. The second kappa shape index (κ2) is 6.19. The van der Waals surface area contributed by atoms with Gasteiger partial charge in [0.15, 0.2) is 0 Å². The summed E-state index contributed by atoms with van der Waals surface area (Å²) >= 11 is 0. The minimum absolute atomic E-state index is 0.485. The van der Waals surface area contributed by atoms with Gasteiger partial charge in [0.2, 0.25) is 0 Å². The van der Waals surface area contributed by atoms with E-state index in [0.29, 0.717) is 11.1 Å². The molecule has 1 amide bonds. The highest BCUT2D eigenvalue weighted by atomic mass is 19.1. The van der Waals surface area contributed by atoms with Crippen LogP contribution in [0.25, 0.3) is 0 Å². The van der Waals surface area contributed by atoms with Crippen LogP contribution in [0.4, 0.5) is 9.18 Å². The average molecular weight is 264 g/mol. The van der Waals surface area contributed by atoms with E-state index < -0.39 is 24.4 Å². The van der Waals surface area contributed by atoms with E-state index in [1.54, 1.807) is 45.0 Å². The Bertz CT molecular complexity index is 472. The molecule has 19 heavy (non-hydrogen) atoms. The molecule has 1 atom stereocenters. The van der Waals surface area contributed by atoms with Gasteiger partial charge in [-0.2, -0.15) is 5.26 Å². The van der Waals surface area contributed by atoms with Crippen molar-refractivity contribution in [3.05, 3.63) is 35.4 Å². The van der Waals surface area contributed by atoms with Crippen LogP contribution in [0.5, 0.6) is 0 Å². The number of nitrogens with zero attached hydrogens (tertiary/aromatic N) is 1. The second-order valence-corrected chi connectivity index (χ2v) is 5.09. The highest BCUT2D eigenvalue weighted by Gasteiger charge is 2.20. The molecule has 1 aromatic rings. The first kappa shape index (κ1) is 15.0. The summed E-state index contributed by atoms with van der Waals surface area (Å²) in [7, 11) is 0. The smallest absolute Gasteiger partial charge is 0.408 e. The van der Waals surface area contributed by atoms with E-state index in [1.165, 1.54) is 0 Å². The third kappa shape index (κ3) is 4.96. The zero-order valence-corrected chi connectivity index (χ0v) is 11.2. The lowest BCUT2D eigenvalue weighted by Gasteiger charge is -2.22. The van der Waals surface area contributed by atoms with E-state index in [9.17, 15) is 9.18 Å². The number of nitrogens with one attached hydrogen (secondary N) is 1. The molecule has 0 aliphatic heterocycles. The lowest BCUT2D eigenvalue weighted by Crippen LogP contribution is -2.35. The molecule has 1 N–H and O–H groups in total. The Morgan fingerprint density at radius 2 is 2.00 bits per heavy atom. The highest BCUT2D eigenvalue weighted by Crippen LogP contribution is 2.16. The van der Waals surface area contributed by atoms with Crippen LogP contribution in [0.1, 0.15) is 37.9 Å². The fraction of sp³-hybridized carbons (Fsp3) is 0.429. The number of benzene rings is 1. The van der Waals surface area contributed by atoms with Gasteiger partial charge in [-0.25, -0.2) is 9.18 Å². The largest absolute Gasteiger partial charge is 0.444 e. The van der Waals surface area contributed by atoms with Crippen LogP contribution < -0.4 is 5.32 Å². The zero-order chi connectivity index (χ0) is 14.5. The summed E-state index contributed by atoms with van der Waals surface area (Å²) in [5.41, 5.74) is 0.446. The molecule has 0 saturated heterocycles. The molecule has 0 spiro atoms. The van der Waals surface area contributed by atoms with Crippen molar-refractivity contribution in [2.24, 2.45) is 0 Å². The normalized spacial score (nSPS) is 12.4. The van der Waals surface area contributed by atoms with Gasteiger partial charge in [-0.15, -0.1) is 0 Å². The van der Waals surface area contributed by atoms with E-state index >= 15 is 0 Å². The van der Waals surface area contributed by atoms with Crippen LogP contribution in [-0.4, -0.2) is 18.4 Å². The number of hydrogen-bond acceptors (Lipinski definition) is 3. The van der Waals surface area contributed by atoms with E-state index in [4.69, 9.17) is 10.00 Å². The predicted octanol–water partition coefficient (Wildman–Crippen LogP) is 3.09. The number of nitriles is 1. The Labute approximate surface area is 112 Å². The lowest BCUT2D eigenvalue weighted by molar-refractivity contribution is 0.0495. The summed E-state index contributed by atoms with van der Waals surface area (Å²) in [4.78, 5) is 11.6. The van der Waals surface area contributed by atoms with Gasteiger partial charge in [0.25, 0.3) is 0 Å². The van der Waals surface area contributed by atoms with Crippen molar-refractivity contribution in [2.75, 3.05) is 6.67 Å². The van der Waals surface area contributed by atoms with Crippen LogP contribution in [0.15, 0.2) is 24.3 Å². The molecule has 102 valence electrons. The predicted molar refractivity (Wildman–Crippen MR) is 69.2 cm³/mol. The fourth-order valence-electron chi connectivity index (χ4n) is 1.45. The van der Waals surface area contributed by atoms with Crippen molar-refractivity contribution in [2.45, 2.75) is 32.4 Å². The molecule has 0 aromatic heterocycles. The molecule has 1 rings (SSSR count). The first-order chi connectivity index (χ1) is 8.85. The third-order valence-electron chi connectivity index (χ3n) is 2.29. The van der Waals surface area contributed by atoms with E-state index in [-0.39, 0.29) is 0 Å². The number of alkyl halides is 1. The number of alkyl carbamates (subject to hydrolysis) is 1. The summed E-state index contributed by atoms with van der Waals surface area (Å²) < 4.78 is 18.1. The minimum Gasteiger partial charge on any atom is -0.444 e. The molecule has 0 saturated carbocycles. The maximum absolute atomic E-state index is 13.0. The third-order valence-corrected chi connectivity index (χ3v) is 2.29. The summed E-state index contributed by atoms with van der Waals surface area (Å²) in [6.45, 7) is 4.46. The van der Waals surface area contributed by atoms with Gasteiger partial charge in [-0.1, -0.05) is 12.1 Å². The van der Waals surface area contributed by atoms with Gasteiger partial charge in [0.05, 0.1) is 17.7 Å². The number of carbonyl (C=O) groups excluding carboxylic acids is 1. The Hall–Kier alpha value is -2.09. The number of ether oxygens (including phenoxy) is 1. The maximum Gasteiger partial charge on any atom is 0.408 e. The van der Waals surface area contributed by atoms with Crippen molar-refractivity contribution in [3.8, 4) is 6.07 Å². The molecule has 0 aliphatic carbocycles. The Balaban J connectivity index is 2.72. The quantitative estimate of drug-likeness (QED) is 0.912. The molecule has 0 fully saturated rings. The fourth-order valence-corrected chi connectivity index (χ4v) is 1.45. The average Bonchev–Trinajstić information content (AvgIpc) is 2.34. The number of halogens is 1. The number of hydrogen-bond donors (Lipinski definition) is 1. The second-order valence-electron chi connectivity index (χ2n) is 5.09. The van der Waals surface area contributed by atoms with Crippen LogP contribution in [-0.2, 0) is 4.74 Å². The van der Waals surface area contributed by atoms with Crippen molar-refractivity contribution in [3.63, 3.8) is 0 Å². The first-order valence-electron chi connectivity index (χ1n) is 5.91. The van der Waals surface area contributed by atoms with Gasteiger partial charge >= 0.3 is 6.09 Å². The highest BCUT2D eigenvalue weighted by molar-refractivity contribution is 5.68. The van der Waals surface area contributed by atoms with Gasteiger partial charge < -0.3 is 10.1 Å². The number of carbonyl (C=O) groups is 1. The molecule has 1 unspecified atom stereocenters. The molecule has 0 heterocycles. The molecule has 1 aromatic carbocycles. The molecule has 4 nitrogen and oxygen atoms in total. The van der Waals surface area contributed by atoms with E-state index in [1.807, 2.05) is 6.07 Å². The number of amides is 1. The Morgan fingerprint density at radius 1 is 1.42 bits per heavy atom. The first-order valence-corrected chi connectivity index (χ1v) is 5.91. The van der Waals surface area contributed by atoms with E-state index in [2.05, 4.69) is 5.32 Å². The van der Waals surface area contributed by atoms with Gasteiger partial charge in [0, 0.05) is 0 Å². The summed E-state index contributed by atoms with van der Waals surface area (Å²) in [5.74, 6) is 0. The molecule has 0 aliphatic rings. The molecule has 5 heteroatoms. The monoisotopic (exact) mass is 264 g/mol. The Morgan fingerprint density at radius 3 is 2.42 bits per heavy atom. The van der Waals surface area contributed by atoms with Crippen molar-refractivity contribution in [1.82, 2.24) is 5.32 Å². The van der Waals surface area contributed by atoms with E-state index in [0.717, 1.165) is 0 Å². The van der Waals surface area contributed by atoms with Crippen LogP contribution >= 0.6 is 0 Å². The Kier molecular flexibility index (Phi) is 4.87. The van der Waals surface area contributed by atoms with Crippen molar-refractivity contribution in [1.29, 1.82) is 5.26 Å². The molecule has 0 bridgehead atoms. The van der Waals surface area contributed by atoms with Gasteiger partial charge in [0.1, 0.15) is 12.3 Å². The van der Waals surface area contributed by atoms with Crippen molar-refractivity contribution < 1.29 is 13.9 Å². The van der Waals surface area contributed by atoms with Crippen LogP contribution in [0.3, 0.4) is 0 Å². The minimum atomic E-state index is -0.775. The molecule has 0 radical (unpaired) electrons. The summed E-state index contributed by atoms with van der Waals surface area (Å²) in [6, 6.07) is 7.58.